The summed E-state index contributed by atoms with van der Waals surface area (Å²) in [6.45, 7) is 13.3. The van der Waals surface area contributed by atoms with Crippen LogP contribution in [0.1, 0.15) is 41.5 Å². The Morgan fingerprint density at radius 1 is 1.11 bits per heavy atom. The van der Waals surface area contributed by atoms with E-state index in [1.165, 1.54) is 0 Å². The van der Waals surface area contributed by atoms with Gasteiger partial charge >= 0.3 is 5.69 Å². The molecule has 102 valence electrons. The number of anilines is 1. The van der Waals surface area contributed by atoms with E-state index in [9.17, 15) is 4.79 Å². The van der Waals surface area contributed by atoms with Gasteiger partial charge in [-0.1, -0.05) is 41.5 Å². The Hall–Kier alpha value is -1.10. The maximum absolute atomic E-state index is 12.2. The molecule has 0 radical (unpaired) electrons. The van der Waals surface area contributed by atoms with Gasteiger partial charge < -0.3 is 9.97 Å². The van der Waals surface area contributed by atoms with Gasteiger partial charge in [0.25, 0.3) is 0 Å². The van der Waals surface area contributed by atoms with Gasteiger partial charge in [-0.15, -0.1) is 0 Å². The van der Waals surface area contributed by atoms with Gasteiger partial charge in [-0.2, -0.15) is 4.98 Å². The first-order valence-electron chi connectivity index (χ1n) is 6.60. The molecule has 18 heavy (non-hydrogen) atoms. The van der Waals surface area contributed by atoms with Crippen molar-refractivity contribution >= 4 is 14.1 Å². The van der Waals surface area contributed by atoms with E-state index >= 15 is 0 Å². The molecular formula is C13H25N3OSi. The zero-order valence-electron chi connectivity index (χ0n) is 12.3. The summed E-state index contributed by atoms with van der Waals surface area (Å²) < 4.78 is 1.91. The maximum atomic E-state index is 12.2. The largest absolute Gasteiger partial charge is 0.383 e. The Morgan fingerprint density at radius 3 is 1.89 bits per heavy atom. The number of nitrogens with zero attached hydrogens (tertiary/aromatic N) is 2. The van der Waals surface area contributed by atoms with Crippen molar-refractivity contribution in [1.29, 1.82) is 0 Å². The summed E-state index contributed by atoms with van der Waals surface area (Å²) in [6.07, 6.45) is 1.84. The van der Waals surface area contributed by atoms with Crippen LogP contribution in [0, 0.1) is 0 Å². The monoisotopic (exact) mass is 267 g/mol. The fourth-order valence-electron chi connectivity index (χ4n) is 3.55. The number of hydrogen-bond acceptors (Lipinski definition) is 3. The standard InChI is InChI=1S/C13H25N3OSi/c1-9(2)18(10(3)4,11(5)6)16-8-7-12(14)15-13(16)17/h7-11H,1-6H3,(H2,14,15,17). The highest BCUT2D eigenvalue weighted by Crippen LogP contribution is 2.41. The minimum absolute atomic E-state index is 0.197. The second-order valence-corrected chi connectivity index (χ2v) is 11.6. The van der Waals surface area contributed by atoms with Crippen LogP contribution in [0.3, 0.4) is 0 Å². The molecule has 0 bridgehead atoms. The summed E-state index contributed by atoms with van der Waals surface area (Å²) in [5, 5.41) is 0. The molecule has 1 aromatic heterocycles. The first-order valence-corrected chi connectivity index (χ1v) is 8.78. The molecule has 0 spiro atoms. The third-order valence-electron chi connectivity index (χ3n) is 4.02. The predicted molar refractivity (Wildman–Crippen MR) is 79.4 cm³/mol. The molecule has 0 aromatic carbocycles. The Kier molecular flexibility index (Phi) is 4.37. The van der Waals surface area contributed by atoms with Gasteiger partial charge in [0.2, 0.25) is 0 Å². The quantitative estimate of drug-likeness (QED) is 0.853. The summed E-state index contributed by atoms with van der Waals surface area (Å²) in [5.41, 5.74) is 6.81. The summed E-state index contributed by atoms with van der Waals surface area (Å²) in [7, 11) is -1.99. The van der Waals surface area contributed by atoms with Crippen molar-refractivity contribution in [3.8, 4) is 0 Å². The minimum atomic E-state index is -1.99. The van der Waals surface area contributed by atoms with Gasteiger partial charge in [0.05, 0.1) is 0 Å². The highest BCUT2D eigenvalue weighted by Gasteiger charge is 2.46. The normalized spacial score (nSPS) is 12.7. The number of nitrogens with two attached hydrogens (primary N) is 1. The molecule has 0 unspecified atom stereocenters. The van der Waals surface area contributed by atoms with Crippen molar-refractivity contribution in [2.75, 3.05) is 5.73 Å². The average Bonchev–Trinajstić information content (AvgIpc) is 2.20. The topological polar surface area (TPSA) is 60.9 Å². The molecule has 0 aliphatic rings. The van der Waals surface area contributed by atoms with Crippen molar-refractivity contribution < 1.29 is 0 Å². The summed E-state index contributed by atoms with van der Waals surface area (Å²) in [4.78, 5) is 16.1. The molecule has 0 saturated heterocycles. The lowest BCUT2D eigenvalue weighted by atomic mass is 10.5. The molecule has 0 saturated carbocycles. The zero-order valence-corrected chi connectivity index (χ0v) is 13.3. The van der Waals surface area contributed by atoms with E-state index in [0.29, 0.717) is 22.4 Å². The highest BCUT2D eigenvalue weighted by molar-refractivity contribution is 6.81. The maximum Gasteiger partial charge on any atom is 0.341 e. The fraction of sp³-hybridized carbons (Fsp3) is 0.692. The SMILES string of the molecule is CC(C)[Si](C(C)C)(C(C)C)n1ccc(N)nc1=O. The predicted octanol–water partition coefficient (Wildman–Crippen LogP) is 2.85. The lowest BCUT2D eigenvalue weighted by Crippen LogP contribution is -2.56. The molecule has 5 heteroatoms. The second kappa shape index (κ2) is 5.26. The number of rotatable bonds is 4. The van der Waals surface area contributed by atoms with Gasteiger partial charge in [0.1, 0.15) is 5.82 Å². The third kappa shape index (κ3) is 2.23. The fourth-order valence-corrected chi connectivity index (χ4v) is 9.93. The Labute approximate surface area is 110 Å². The lowest BCUT2D eigenvalue weighted by molar-refractivity contribution is 0.742. The van der Waals surface area contributed by atoms with Crippen LogP contribution in [0.15, 0.2) is 17.1 Å². The molecule has 0 amide bonds. The van der Waals surface area contributed by atoms with Crippen LogP contribution in [0.4, 0.5) is 5.82 Å². The second-order valence-electron chi connectivity index (χ2n) is 5.86. The first-order chi connectivity index (χ1) is 8.24. The third-order valence-corrected chi connectivity index (χ3v) is 10.7. The summed E-state index contributed by atoms with van der Waals surface area (Å²) in [6, 6.07) is 1.73. The van der Waals surface area contributed by atoms with Gasteiger partial charge in [-0.3, -0.25) is 0 Å². The molecule has 2 N–H and O–H groups in total. The van der Waals surface area contributed by atoms with E-state index in [1.54, 1.807) is 6.07 Å². The molecular weight excluding hydrogens is 242 g/mol. The molecule has 0 aliphatic heterocycles. The Morgan fingerprint density at radius 2 is 1.56 bits per heavy atom. The van der Waals surface area contributed by atoms with Gasteiger partial charge in [-0.05, 0) is 22.7 Å². The summed E-state index contributed by atoms with van der Waals surface area (Å²) >= 11 is 0. The van der Waals surface area contributed by atoms with E-state index in [2.05, 4.69) is 46.5 Å². The van der Waals surface area contributed by atoms with Crippen molar-refractivity contribution in [3.63, 3.8) is 0 Å². The van der Waals surface area contributed by atoms with Crippen molar-refractivity contribution in [1.82, 2.24) is 9.22 Å². The zero-order chi connectivity index (χ0) is 14.1. The molecule has 0 fully saturated rings. The van der Waals surface area contributed by atoms with Crippen LogP contribution in [0.2, 0.25) is 16.6 Å². The first kappa shape index (κ1) is 15.0. The molecule has 4 nitrogen and oxygen atoms in total. The number of nitrogen functional groups attached to an aromatic ring is 1. The van der Waals surface area contributed by atoms with E-state index in [4.69, 9.17) is 5.73 Å². The van der Waals surface area contributed by atoms with Crippen molar-refractivity contribution in [2.24, 2.45) is 0 Å². The van der Waals surface area contributed by atoms with E-state index in [-0.39, 0.29) is 5.69 Å². The molecule has 0 atom stereocenters. The smallest absolute Gasteiger partial charge is 0.341 e. The van der Waals surface area contributed by atoms with Gasteiger partial charge in [0, 0.05) is 6.20 Å². The molecule has 0 aliphatic carbocycles. The lowest BCUT2D eigenvalue weighted by Gasteiger charge is -2.43. The van der Waals surface area contributed by atoms with E-state index in [1.807, 2.05) is 10.4 Å². The van der Waals surface area contributed by atoms with Crippen LogP contribution in [-0.4, -0.2) is 17.5 Å². The number of aromatic nitrogens is 2. The van der Waals surface area contributed by atoms with Crippen LogP contribution in [-0.2, 0) is 0 Å². The molecule has 1 rings (SSSR count). The number of hydrogen-bond donors (Lipinski definition) is 1. The van der Waals surface area contributed by atoms with E-state index < -0.39 is 8.24 Å². The highest BCUT2D eigenvalue weighted by atomic mass is 28.3. The minimum Gasteiger partial charge on any atom is -0.383 e. The Bertz CT molecular complexity index is 444. The van der Waals surface area contributed by atoms with Crippen LogP contribution in [0.5, 0.6) is 0 Å². The Balaban J connectivity index is 3.57. The van der Waals surface area contributed by atoms with Crippen LogP contribution >= 0.6 is 0 Å². The summed E-state index contributed by atoms with van der Waals surface area (Å²) in [5.74, 6) is 0.301. The average molecular weight is 267 g/mol. The van der Waals surface area contributed by atoms with Gasteiger partial charge in [-0.25, -0.2) is 4.79 Å². The van der Waals surface area contributed by atoms with Crippen molar-refractivity contribution in [2.45, 2.75) is 58.2 Å². The molecule has 1 aromatic rings. The van der Waals surface area contributed by atoms with Crippen LogP contribution < -0.4 is 11.4 Å². The molecule has 1 heterocycles. The van der Waals surface area contributed by atoms with E-state index in [0.717, 1.165) is 0 Å². The van der Waals surface area contributed by atoms with Gasteiger partial charge in [0.15, 0.2) is 8.24 Å². The van der Waals surface area contributed by atoms with Crippen LogP contribution in [0.25, 0.3) is 0 Å². The van der Waals surface area contributed by atoms with Crippen molar-refractivity contribution in [3.05, 3.63) is 22.7 Å².